The average molecular weight is 298 g/mol. The summed E-state index contributed by atoms with van der Waals surface area (Å²) in [5.41, 5.74) is 6.94. The molecule has 0 aliphatic rings. The first-order valence-corrected chi connectivity index (χ1v) is 7.45. The number of halogens is 1. The zero-order chi connectivity index (χ0) is 13.9. The summed E-state index contributed by atoms with van der Waals surface area (Å²) in [6.07, 6.45) is 1.48. The minimum absolute atomic E-state index is 0.104. The predicted molar refractivity (Wildman–Crippen MR) is 76.3 cm³/mol. The molecule has 1 aromatic heterocycles. The Labute approximate surface area is 116 Å². The number of nitrogens with zero attached hydrogens (tertiary/aromatic N) is 1. The van der Waals surface area contributed by atoms with Gasteiger partial charge in [0.15, 0.2) is 5.15 Å². The maximum atomic E-state index is 12.0. The topological polar surface area (TPSA) is 85.1 Å². The number of nitrogen functional groups attached to an aromatic ring is 1. The predicted octanol–water partition coefficient (Wildman–Crippen LogP) is 2.26. The van der Waals surface area contributed by atoms with E-state index in [4.69, 9.17) is 17.3 Å². The number of anilines is 2. The lowest BCUT2D eigenvalue weighted by Gasteiger charge is -2.10. The van der Waals surface area contributed by atoms with E-state index in [0.29, 0.717) is 11.3 Å². The molecule has 19 heavy (non-hydrogen) atoms. The van der Waals surface area contributed by atoms with Crippen LogP contribution < -0.4 is 10.5 Å². The van der Waals surface area contributed by atoms with Gasteiger partial charge >= 0.3 is 0 Å². The summed E-state index contributed by atoms with van der Waals surface area (Å²) >= 11 is 5.80. The molecule has 0 saturated heterocycles. The molecular weight excluding hydrogens is 286 g/mol. The van der Waals surface area contributed by atoms with Crippen molar-refractivity contribution in [3.05, 3.63) is 53.3 Å². The minimum atomic E-state index is -3.59. The van der Waals surface area contributed by atoms with Gasteiger partial charge in [-0.3, -0.25) is 4.72 Å². The third-order valence-corrected chi connectivity index (χ3v) is 3.95. The molecule has 7 heteroatoms. The number of para-hydroxylation sites is 1. The molecule has 0 fully saturated rings. The molecule has 0 unspecified atom stereocenters. The first-order chi connectivity index (χ1) is 8.98. The minimum Gasteiger partial charge on any atom is -0.398 e. The van der Waals surface area contributed by atoms with Crippen LogP contribution in [0.4, 0.5) is 11.4 Å². The molecule has 3 N–H and O–H groups in total. The van der Waals surface area contributed by atoms with Gasteiger partial charge in [-0.1, -0.05) is 29.8 Å². The van der Waals surface area contributed by atoms with Crippen molar-refractivity contribution in [1.82, 2.24) is 4.98 Å². The van der Waals surface area contributed by atoms with Crippen molar-refractivity contribution < 1.29 is 8.42 Å². The summed E-state index contributed by atoms with van der Waals surface area (Å²) in [5, 5.41) is 0.104. The van der Waals surface area contributed by atoms with Crippen LogP contribution in [0.3, 0.4) is 0 Å². The molecule has 0 amide bonds. The van der Waals surface area contributed by atoms with E-state index >= 15 is 0 Å². The summed E-state index contributed by atoms with van der Waals surface area (Å²) in [5.74, 6) is -0.217. The lowest BCUT2D eigenvalue weighted by atomic mass is 10.2. The maximum Gasteiger partial charge on any atom is 0.237 e. The Kier molecular flexibility index (Phi) is 3.92. The number of rotatable bonds is 4. The fourth-order valence-electron chi connectivity index (χ4n) is 1.54. The van der Waals surface area contributed by atoms with Crippen LogP contribution in [0, 0.1) is 0 Å². The molecule has 0 atom stereocenters. The molecule has 2 rings (SSSR count). The van der Waals surface area contributed by atoms with Crippen LogP contribution in [0.15, 0.2) is 42.6 Å². The van der Waals surface area contributed by atoms with E-state index in [1.165, 1.54) is 6.20 Å². The quantitative estimate of drug-likeness (QED) is 0.669. The van der Waals surface area contributed by atoms with Crippen LogP contribution in [0.5, 0.6) is 0 Å². The lowest BCUT2D eigenvalue weighted by molar-refractivity contribution is 0.600. The molecule has 0 radical (unpaired) electrons. The van der Waals surface area contributed by atoms with Crippen LogP contribution in [0.2, 0.25) is 5.15 Å². The maximum absolute atomic E-state index is 12.0. The van der Waals surface area contributed by atoms with Crippen molar-refractivity contribution in [3.63, 3.8) is 0 Å². The number of pyridine rings is 1. The van der Waals surface area contributed by atoms with E-state index in [9.17, 15) is 8.42 Å². The Bertz CT molecular complexity index is 635. The highest BCUT2D eigenvalue weighted by Gasteiger charge is 2.15. The van der Waals surface area contributed by atoms with E-state index < -0.39 is 10.0 Å². The molecule has 1 heterocycles. The Hall–Kier alpha value is -1.79. The molecule has 0 aliphatic carbocycles. The van der Waals surface area contributed by atoms with E-state index in [0.717, 1.165) is 0 Å². The van der Waals surface area contributed by atoms with Crippen molar-refractivity contribution in [2.75, 3.05) is 10.5 Å². The van der Waals surface area contributed by atoms with Crippen LogP contribution in [0.25, 0.3) is 0 Å². The number of hydrogen-bond acceptors (Lipinski definition) is 4. The summed E-state index contributed by atoms with van der Waals surface area (Å²) < 4.78 is 26.4. The molecule has 1 aromatic carbocycles. The highest BCUT2D eigenvalue weighted by Crippen LogP contribution is 2.21. The van der Waals surface area contributed by atoms with Crippen LogP contribution in [-0.2, 0) is 15.8 Å². The Morgan fingerprint density at radius 2 is 1.95 bits per heavy atom. The van der Waals surface area contributed by atoms with Crippen molar-refractivity contribution in [3.8, 4) is 0 Å². The van der Waals surface area contributed by atoms with Gasteiger partial charge in [-0.2, -0.15) is 0 Å². The summed E-state index contributed by atoms with van der Waals surface area (Å²) in [6, 6.07) is 9.94. The Morgan fingerprint density at radius 3 is 2.63 bits per heavy atom. The van der Waals surface area contributed by atoms with E-state index in [1.807, 2.05) is 0 Å². The second-order valence-corrected chi connectivity index (χ2v) is 5.98. The van der Waals surface area contributed by atoms with E-state index in [2.05, 4.69) is 9.71 Å². The van der Waals surface area contributed by atoms with Crippen LogP contribution >= 0.6 is 11.6 Å². The second-order valence-electron chi connectivity index (χ2n) is 3.90. The molecule has 2 aromatic rings. The SMILES string of the molecule is Nc1ccccc1CS(=O)(=O)Nc1cccnc1Cl. The van der Waals surface area contributed by atoms with Gasteiger partial charge in [-0.25, -0.2) is 13.4 Å². The fraction of sp³-hybridized carbons (Fsp3) is 0.0833. The smallest absolute Gasteiger partial charge is 0.237 e. The van der Waals surface area contributed by atoms with Gasteiger partial charge in [0.05, 0.1) is 11.4 Å². The number of hydrogen-bond donors (Lipinski definition) is 2. The van der Waals surface area contributed by atoms with Gasteiger partial charge in [0, 0.05) is 11.9 Å². The molecule has 0 spiro atoms. The standard InChI is InChI=1S/C12H12ClN3O2S/c13-12-11(6-3-7-15-12)16-19(17,18)8-9-4-1-2-5-10(9)14/h1-7,16H,8,14H2. The van der Waals surface area contributed by atoms with Gasteiger partial charge in [0.25, 0.3) is 0 Å². The molecule has 0 saturated carbocycles. The van der Waals surface area contributed by atoms with Gasteiger partial charge in [0.2, 0.25) is 10.0 Å². The molecular formula is C12H12ClN3O2S. The third-order valence-electron chi connectivity index (χ3n) is 2.43. The Balaban J connectivity index is 2.21. The van der Waals surface area contributed by atoms with Gasteiger partial charge in [0.1, 0.15) is 0 Å². The van der Waals surface area contributed by atoms with Crippen molar-refractivity contribution in [1.29, 1.82) is 0 Å². The van der Waals surface area contributed by atoms with Gasteiger partial charge < -0.3 is 5.73 Å². The van der Waals surface area contributed by atoms with Gasteiger partial charge in [-0.15, -0.1) is 0 Å². The third kappa shape index (κ3) is 3.59. The summed E-state index contributed by atoms with van der Waals surface area (Å²) in [4.78, 5) is 3.80. The number of benzene rings is 1. The number of aromatic nitrogens is 1. The van der Waals surface area contributed by atoms with E-state index in [1.54, 1.807) is 36.4 Å². The second kappa shape index (κ2) is 5.46. The average Bonchev–Trinajstić information content (AvgIpc) is 2.35. The van der Waals surface area contributed by atoms with Crippen molar-refractivity contribution >= 4 is 33.0 Å². The monoisotopic (exact) mass is 297 g/mol. The fourth-order valence-corrected chi connectivity index (χ4v) is 3.00. The highest BCUT2D eigenvalue weighted by molar-refractivity contribution is 7.91. The van der Waals surface area contributed by atoms with Crippen molar-refractivity contribution in [2.45, 2.75) is 5.75 Å². The zero-order valence-corrected chi connectivity index (χ0v) is 11.4. The summed E-state index contributed by atoms with van der Waals surface area (Å²) in [7, 11) is -3.59. The molecule has 0 aliphatic heterocycles. The first-order valence-electron chi connectivity index (χ1n) is 5.42. The van der Waals surface area contributed by atoms with Crippen molar-refractivity contribution in [2.24, 2.45) is 0 Å². The molecule has 5 nitrogen and oxygen atoms in total. The summed E-state index contributed by atoms with van der Waals surface area (Å²) in [6.45, 7) is 0. The largest absolute Gasteiger partial charge is 0.398 e. The Morgan fingerprint density at radius 1 is 1.21 bits per heavy atom. The lowest BCUT2D eigenvalue weighted by Crippen LogP contribution is -2.16. The highest BCUT2D eigenvalue weighted by atomic mass is 35.5. The molecule has 0 bridgehead atoms. The zero-order valence-electron chi connectivity index (χ0n) is 9.88. The van der Waals surface area contributed by atoms with Gasteiger partial charge in [-0.05, 0) is 23.8 Å². The van der Waals surface area contributed by atoms with Crippen LogP contribution in [0.1, 0.15) is 5.56 Å². The number of nitrogens with two attached hydrogens (primary N) is 1. The number of nitrogens with one attached hydrogen (secondary N) is 1. The van der Waals surface area contributed by atoms with E-state index in [-0.39, 0.29) is 16.6 Å². The molecule has 100 valence electrons. The normalized spacial score (nSPS) is 11.2. The van der Waals surface area contributed by atoms with Crippen LogP contribution in [-0.4, -0.2) is 13.4 Å². The number of sulfonamides is 1. The first kappa shape index (κ1) is 13.6.